The van der Waals surface area contributed by atoms with Crippen molar-refractivity contribution in [2.75, 3.05) is 42.6 Å². The average Bonchev–Trinajstić information content (AvgIpc) is 3.41. The highest BCUT2D eigenvalue weighted by molar-refractivity contribution is 7.92. The predicted octanol–water partition coefficient (Wildman–Crippen LogP) is 3.40. The highest BCUT2D eigenvalue weighted by Crippen LogP contribution is 2.27. The zero-order chi connectivity index (χ0) is 21.7. The molecule has 1 N–H and O–H groups in total. The van der Waals surface area contributed by atoms with Crippen LogP contribution in [-0.4, -0.2) is 58.3 Å². The molecule has 9 heteroatoms. The highest BCUT2D eigenvalue weighted by atomic mass is 32.2. The smallest absolute Gasteiger partial charge is 0.264 e. The molecule has 1 fully saturated rings. The molecule has 30 heavy (non-hydrogen) atoms. The molecule has 1 atom stereocenters. The summed E-state index contributed by atoms with van der Waals surface area (Å²) >= 11 is 1.42. The van der Waals surface area contributed by atoms with E-state index in [1.54, 1.807) is 13.0 Å². The van der Waals surface area contributed by atoms with Gasteiger partial charge in [-0.1, -0.05) is 6.07 Å². The van der Waals surface area contributed by atoms with Crippen LogP contribution in [0.5, 0.6) is 0 Å². The maximum atomic E-state index is 13.2. The normalized spacial score (nSPS) is 16.4. The third kappa shape index (κ3) is 5.74. The summed E-state index contributed by atoms with van der Waals surface area (Å²) in [7, 11) is 0.478. The molecule has 1 aliphatic rings. The molecule has 1 unspecified atom stereocenters. The van der Waals surface area contributed by atoms with Crippen molar-refractivity contribution in [3.05, 3.63) is 46.2 Å². The van der Waals surface area contributed by atoms with Crippen LogP contribution in [-0.2, 0) is 21.3 Å². The van der Waals surface area contributed by atoms with E-state index in [4.69, 9.17) is 4.74 Å². The van der Waals surface area contributed by atoms with E-state index in [9.17, 15) is 13.2 Å². The number of hydrogen-bond acceptors (Lipinski definition) is 6. The summed E-state index contributed by atoms with van der Waals surface area (Å²) in [5.41, 5.74) is 2.31. The first-order valence-corrected chi connectivity index (χ1v) is 12.6. The molecule has 0 aliphatic carbocycles. The van der Waals surface area contributed by atoms with Crippen molar-refractivity contribution >= 4 is 38.6 Å². The Balaban J connectivity index is 1.91. The molecule has 1 aromatic heterocycles. The SMILES string of the molecule is CCS(=O)(=O)Nc1ccc(N(C)C)c(CN(CC2CCCO2)C(=O)c2cccs2)c1. The lowest BCUT2D eigenvalue weighted by molar-refractivity contribution is 0.0511. The monoisotopic (exact) mass is 451 g/mol. The summed E-state index contributed by atoms with van der Waals surface area (Å²) in [6.07, 6.45) is 1.96. The maximum Gasteiger partial charge on any atom is 0.264 e. The van der Waals surface area contributed by atoms with Gasteiger partial charge in [-0.05, 0) is 55.0 Å². The first-order valence-electron chi connectivity index (χ1n) is 10.0. The minimum Gasteiger partial charge on any atom is -0.377 e. The Labute approximate surface area is 182 Å². The van der Waals surface area contributed by atoms with Gasteiger partial charge in [-0.3, -0.25) is 9.52 Å². The van der Waals surface area contributed by atoms with Crippen LogP contribution in [0.4, 0.5) is 11.4 Å². The van der Waals surface area contributed by atoms with E-state index in [0.717, 1.165) is 30.7 Å². The molecule has 7 nitrogen and oxygen atoms in total. The van der Waals surface area contributed by atoms with Gasteiger partial charge in [0.05, 0.1) is 16.7 Å². The zero-order valence-electron chi connectivity index (χ0n) is 17.6. The molecule has 2 heterocycles. The lowest BCUT2D eigenvalue weighted by Gasteiger charge is -2.28. The fraction of sp³-hybridized carbons (Fsp3) is 0.476. The minimum absolute atomic E-state index is 0.000225. The number of ether oxygens (including phenoxy) is 1. The second-order valence-electron chi connectivity index (χ2n) is 7.54. The highest BCUT2D eigenvalue weighted by Gasteiger charge is 2.25. The van der Waals surface area contributed by atoms with E-state index in [0.29, 0.717) is 23.7 Å². The van der Waals surface area contributed by atoms with Crippen molar-refractivity contribution in [3.8, 4) is 0 Å². The minimum atomic E-state index is -3.38. The van der Waals surface area contributed by atoms with E-state index in [1.807, 2.05) is 53.5 Å². The van der Waals surface area contributed by atoms with Crippen molar-refractivity contribution in [1.82, 2.24) is 4.90 Å². The van der Waals surface area contributed by atoms with Crippen molar-refractivity contribution in [1.29, 1.82) is 0 Å². The van der Waals surface area contributed by atoms with Crippen LogP contribution in [0.1, 0.15) is 35.0 Å². The Morgan fingerprint density at radius 1 is 1.30 bits per heavy atom. The quantitative estimate of drug-likeness (QED) is 0.632. The number of rotatable bonds is 9. The summed E-state index contributed by atoms with van der Waals surface area (Å²) in [5.74, 6) is -0.0375. The summed E-state index contributed by atoms with van der Waals surface area (Å²) in [6.45, 7) is 3.20. The molecule has 0 radical (unpaired) electrons. The molecule has 0 bridgehead atoms. The number of sulfonamides is 1. The largest absolute Gasteiger partial charge is 0.377 e. The van der Waals surface area contributed by atoms with Gasteiger partial charge < -0.3 is 14.5 Å². The molecule has 0 spiro atoms. The summed E-state index contributed by atoms with van der Waals surface area (Å²) in [5, 5.41) is 1.89. The lowest BCUT2D eigenvalue weighted by atomic mass is 10.1. The molecule has 1 amide bonds. The fourth-order valence-electron chi connectivity index (χ4n) is 3.48. The first kappa shape index (κ1) is 22.6. The van der Waals surface area contributed by atoms with Crippen molar-refractivity contribution in [2.45, 2.75) is 32.4 Å². The van der Waals surface area contributed by atoms with Crippen molar-refractivity contribution in [2.24, 2.45) is 0 Å². The molecule has 0 saturated carbocycles. The zero-order valence-corrected chi connectivity index (χ0v) is 19.3. The molecule has 1 aliphatic heterocycles. The van der Waals surface area contributed by atoms with Gasteiger partial charge in [0.1, 0.15) is 0 Å². The van der Waals surface area contributed by atoms with Crippen LogP contribution in [0, 0.1) is 0 Å². The topological polar surface area (TPSA) is 79.0 Å². The van der Waals surface area contributed by atoms with Gasteiger partial charge in [-0.25, -0.2) is 8.42 Å². The number of carbonyl (C=O) groups excluding carboxylic acids is 1. The predicted molar refractivity (Wildman–Crippen MR) is 122 cm³/mol. The number of anilines is 2. The van der Waals surface area contributed by atoms with E-state index in [2.05, 4.69) is 4.72 Å². The molecule has 3 rings (SSSR count). The number of nitrogens with one attached hydrogen (secondary N) is 1. The summed E-state index contributed by atoms with van der Waals surface area (Å²) in [6, 6.07) is 9.13. The molecule has 1 aromatic carbocycles. The van der Waals surface area contributed by atoms with Gasteiger partial charge >= 0.3 is 0 Å². The third-order valence-corrected chi connectivity index (χ3v) is 7.21. The Morgan fingerprint density at radius 3 is 2.70 bits per heavy atom. The van der Waals surface area contributed by atoms with Gasteiger partial charge in [0.2, 0.25) is 10.0 Å². The molecule has 2 aromatic rings. The van der Waals surface area contributed by atoms with Gasteiger partial charge in [-0.15, -0.1) is 11.3 Å². The van der Waals surface area contributed by atoms with Crippen LogP contribution >= 0.6 is 11.3 Å². The van der Waals surface area contributed by atoms with Crippen LogP contribution in [0.2, 0.25) is 0 Å². The second-order valence-corrected chi connectivity index (χ2v) is 10.5. The number of amides is 1. The number of benzene rings is 1. The van der Waals surface area contributed by atoms with Gasteiger partial charge in [-0.2, -0.15) is 0 Å². The molecule has 164 valence electrons. The lowest BCUT2D eigenvalue weighted by Crippen LogP contribution is -2.37. The van der Waals surface area contributed by atoms with Gasteiger partial charge in [0.15, 0.2) is 0 Å². The molecule has 1 saturated heterocycles. The van der Waals surface area contributed by atoms with Gasteiger partial charge in [0, 0.05) is 45.2 Å². The fourth-order valence-corrected chi connectivity index (χ4v) is 4.80. The third-order valence-electron chi connectivity index (χ3n) is 5.04. The van der Waals surface area contributed by atoms with Gasteiger partial charge in [0.25, 0.3) is 5.91 Å². The van der Waals surface area contributed by atoms with Crippen LogP contribution < -0.4 is 9.62 Å². The number of carbonyl (C=O) groups is 1. The van der Waals surface area contributed by atoms with E-state index in [-0.39, 0.29) is 17.8 Å². The van der Waals surface area contributed by atoms with Crippen LogP contribution in [0.15, 0.2) is 35.7 Å². The van der Waals surface area contributed by atoms with Crippen molar-refractivity contribution in [3.63, 3.8) is 0 Å². The number of hydrogen-bond donors (Lipinski definition) is 1. The van der Waals surface area contributed by atoms with Crippen molar-refractivity contribution < 1.29 is 17.9 Å². The Morgan fingerprint density at radius 2 is 2.10 bits per heavy atom. The first-order chi connectivity index (χ1) is 14.3. The maximum absolute atomic E-state index is 13.2. The number of thiophene rings is 1. The Hall–Kier alpha value is -2.10. The Bertz CT molecular complexity index is 953. The standard InChI is InChI=1S/C21H29N3O4S2/c1-4-30(26,27)22-17-9-10-19(23(2)3)16(13-17)14-24(15-18-7-5-11-28-18)21(25)20-8-6-12-29-20/h6,8-10,12-13,18,22H,4-5,7,11,14-15H2,1-3H3. The van der Waals surface area contributed by atoms with Crippen LogP contribution in [0.25, 0.3) is 0 Å². The Kier molecular flexibility index (Phi) is 7.38. The van der Waals surface area contributed by atoms with E-state index < -0.39 is 10.0 Å². The molecular formula is C21H29N3O4S2. The van der Waals surface area contributed by atoms with E-state index in [1.165, 1.54) is 11.3 Å². The second kappa shape index (κ2) is 9.80. The summed E-state index contributed by atoms with van der Waals surface area (Å²) < 4.78 is 32.4. The average molecular weight is 452 g/mol. The number of nitrogens with zero attached hydrogens (tertiary/aromatic N) is 2. The summed E-state index contributed by atoms with van der Waals surface area (Å²) in [4.78, 5) is 17.7. The van der Waals surface area contributed by atoms with E-state index >= 15 is 0 Å². The van der Waals surface area contributed by atoms with Crippen LogP contribution in [0.3, 0.4) is 0 Å². The molecular weight excluding hydrogens is 422 g/mol.